The molecule has 0 atom stereocenters. The van der Waals surface area contributed by atoms with Gasteiger partial charge in [0.05, 0.1) is 6.61 Å². The third-order valence-electron chi connectivity index (χ3n) is 2.33. The monoisotopic (exact) mass is 236 g/mol. The molecule has 94 valence electrons. The molecule has 0 bridgehead atoms. The maximum absolute atomic E-state index is 11.4. The van der Waals surface area contributed by atoms with E-state index < -0.39 is 0 Å². The van der Waals surface area contributed by atoms with Gasteiger partial charge in [-0.2, -0.15) is 0 Å². The molecular weight excluding hydrogens is 216 g/mol. The second-order valence-corrected chi connectivity index (χ2v) is 4.43. The largest absolute Gasteiger partial charge is 0.392 e. The zero-order valence-electron chi connectivity index (χ0n) is 10.4. The fraction of sp³-hybridized carbons (Fsp3) is 0.462. The number of benzene rings is 1. The van der Waals surface area contributed by atoms with Gasteiger partial charge in [0.1, 0.15) is 0 Å². The van der Waals surface area contributed by atoms with Crippen LogP contribution in [0.1, 0.15) is 25.0 Å². The number of hydrogen-bond acceptors (Lipinski definition) is 2. The molecule has 0 unspecified atom stereocenters. The van der Waals surface area contributed by atoms with Crippen LogP contribution >= 0.6 is 0 Å². The SMILES string of the molecule is CC(C)CNC(=O)NCc1ccc(CO)cc1. The Morgan fingerprint density at radius 1 is 1.18 bits per heavy atom. The van der Waals surface area contributed by atoms with Crippen molar-refractivity contribution in [1.82, 2.24) is 10.6 Å². The highest BCUT2D eigenvalue weighted by molar-refractivity contribution is 5.73. The average Bonchev–Trinajstić information content (AvgIpc) is 2.34. The molecule has 1 rings (SSSR count). The Hall–Kier alpha value is -1.55. The molecule has 0 fully saturated rings. The van der Waals surface area contributed by atoms with Gasteiger partial charge in [0, 0.05) is 13.1 Å². The fourth-order valence-electron chi connectivity index (χ4n) is 1.30. The van der Waals surface area contributed by atoms with Crippen LogP contribution in [-0.2, 0) is 13.2 Å². The first-order valence-corrected chi connectivity index (χ1v) is 5.82. The summed E-state index contributed by atoms with van der Waals surface area (Å²) in [6, 6.07) is 7.35. The molecule has 0 aromatic heterocycles. The molecule has 4 nitrogen and oxygen atoms in total. The molecule has 0 spiro atoms. The molecule has 1 aromatic carbocycles. The first kappa shape index (κ1) is 13.5. The van der Waals surface area contributed by atoms with E-state index in [4.69, 9.17) is 5.11 Å². The second kappa shape index (κ2) is 6.91. The lowest BCUT2D eigenvalue weighted by Gasteiger charge is -2.09. The topological polar surface area (TPSA) is 61.4 Å². The Labute approximate surface area is 102 Å². The average molecular weight is 236 g/mol. The summed E-state index contributed by atoms with van der Waals surface area (Å²) in [6.07, 6.45) is 0. The number of aliphatic hydroxyl groups excluding tert-OH is 1. The molecule has 0 heterocycles. The van der Waals surface area contributed by atoms with E-state index in [0.29, 0.717) is 19.0 Å². The Kier molecular flexibility index (Phi) is 5.49. The van der Waals surface area contributed by atoms with E-state index in [1.165, 1.54) is 0 Å². The van der Waals surface area contributed by atoms with Gasteiger partial charge in [-0.15, -0.1) is 0 Å². The van der Waals surface area contributed by atoms with Gasteiger partial charge < -0.3 is 15.7 Å². The van der Waals surface area contributed by atoms with Crippen molar-refractivity contribution < 1.29 is 9.90 Å². The van der Waals surface area contributed by atoms with E-state index in [0.717, 1.165) is 11.1 Å². The van der Waals surface area contributed by atoms with Crippen LogP contribution in [0.4, 0.5) is 4.79 Å². The van der Waals surface area contributed by atoms with Gasteiger partial charge in [-0.25, -0.2) is 4.79 Å². The number of aliphatic hydroxyl groups is 1. The summed E-state index contributed by atoms with van der Waals surface area (Å²) in [7, 11) is 0. The third kappa shape index (κ3) is 5.36. The quantitative estimate of drug-likeness (QED) is 0.727. The molecule has 0 radical (unpaired) electrons. The lowest BCUT2D eigenvalue weighted by Crippen LogP contribution is -2.36. The first-order chi connectivity index (χ1) is 8.11. The van der Waals surface area contributed by atoms with Crippen molar-refractivity contribution in [3.8, 4) is 0 Å². The van der Waals surface area contributed by atoms with Crippen molar-refractivity contribution in [2.24, 2.45) is 5.92 Å². The number of nitrogens with one attached hydrogen (secondary N) is 2. The number of amides is 2. The third-order valence-corrected chi connectivity index (χ3v) is 2.33. The Bertz CT molecular complexity index is 347. The van der Waals surface area contributed by atoms with E-state index >= 15 is 0 Å². The van der Waals surface area contributed by atoms with Gasteiger partial charge in [-0.05, 0) is 17.0 Å². The zero-order chi connectivity index (χ0) is 12.7. The molecule has 0 aliphatic rings. The molecule has 0 aliphatic carbocycles. The molecule has 1 aromatic rings. The first-order valence-electron chi connectivity index (χ1n) is 5.82. The highest BCUT2D eigenvalue weighted by Crippen LogP contribution is 2.03. The van der Waals surface area contributed by atoms with Crippen molar-refractivity contribution in [1.29, 1.82) is 0 Å². The Balaban J connectivity index is 2.31. The van der Waals surface area contributed by atoms with E-state index in [1.807, 2.05) is 38.1 Å². The summed E-state index contributed by atoms with van der Waals surface area (Å²) in [6.45, 7) is 5.31. The highest BCUT2D eigenvalue weighted by atomic mass is 16.3. The maximum atomic E-state index is 11.4. The summed E-state index contributed by atoms with van der Waals surface area (Å²) in [5.41, 5.74) is 1.89. The molecule has 17 heavy (non-hydrogen) atoms. The van der Waals surface area contributed by atoms with Gasteiger partial charge in [0.15, 0.2) is 0 Å². The van der Waals surface area contributed by atoms with Crippen molar-refractivity contribution in [3.05, 3.63) is 35.4 Å². The summed E-state index contributed by atoms with van der Waals surface area (Å²) in [4.78, 5) is 11.4. The number of rotatable bonds is 5. The summed E-state index contributed by atoms with van der Waals surface area (Å²) < 4.78 is 0. The number of hydrogen-bond donors (Lipinski definition) is 3. The predicted molar refractivity (Wildman–Crippen MR) is 67.4 cm³/mol. The molecule has 4 heteroatoms. The molecule has 0 aliphatic heterocycles. The van der Waals surface area contributed by atoms with E-state index in [9.17, 15) is 4.79 Å². The number of urea groups is 1. The van der Waals surface area contributed by atoms with E-state index in [2.05, 4.69) is 10.6 Å². The molecular formula is C13H20N2O2. The van der Waals surface area contributed by atoms with Crippen LogP contribution in [0.5, 0.6) is 0 Å². The van der Waals surface area contributed by atoms with Crippen LogP contribution in [0, 0.1) is 5.92 Å². The van der Waals surface area contributed by atoms with Crippen LogP contribution in [0.15, 0.2) is 24.3 Å². The summed E-state index contributed by atoms with van der Waals surface area (Å²) in [5, 5.41) is 14.5. The predicted octanol–water partition coefficient (Wildman–Crippen LogP) is 1.63. The Morgan fingerprint density at radius 2 is 1.76 bits per heavy atom. The molecule has 2 amide bonds. The van der Waals surface area contributed by atoms with Gasteiger partial charge in [-0.1, -0.05) is 38.1 Å². The molecule has 0 saturated carbocycles. The number of carbonyl (C=O) groups is 1. The van der Waals surface area contributed by atoms with Crippen molar-refractivity contribution in [2.45, 2.75) is 27.0 Å². The van der Waals surface area contributed by atoms with E-state index in [-0.39, 0.29) is 12.6 Å². The highest BCUT2D eigenvalue weighted by Gasteiger charge is 2.01. The van der Waals surface area contributed by atoms with Gasteiger partial charge in [0.25, 0.3) is 0 Å². The molecule has 0 saturated heterocycles. The lowest BCUT2D eigenvalue weighted by molar-refractivity contribution is 0.239. The fourth-order valence-corrected chi connectivity index (χ4v) is 1.30. The summed E-state index contributed by atoms with van der Waals surface area (Å²) >= 11 is 0. The standard InChI is InChI=1S/C13H20N2O2/c1-10(2)7-14-13(17)15-8-11-3-5-12(9-16)6-4-11/h3-6,10,16H,7-9H2,1-2H3,(H2,14,15,17). The molecule has 3 N–H and O–H groups in total. The van der Waals surface area contributed by atoms with Crippen LogP contribution in [0.3, 0.4) is 0 Å². The van der Waals surface area contributed by atoms with Crippen molar-refractivity contribution >= 4 is 6.03 Å². The second-order valence-electron chi connectivity index (χ2n) is 4.43. The number of carbonyl (C=O) groups excluding carboxylic acids is 1. The van der Waals surface area contributed by atoms with E-state index in [1.54, 1.807) is 0 Å². The van der Waals surface area contributed by atoms with Crippen LogP contribution in [0.25, 0.3) is 0 Å². The van der Waals surface area contributed by atoms with Crippen LogP contribution < -0.4 is 10.6 Å². The van der Waals surface area contributed by atoms with Gasteiger partial charge >= 0.3 is 6.03 Å². The minimum absolute atomic E-state index is 0.0442. The lowest BCUT2D eigenvalue weighted by atomic mass is 10.1. The minimum atomic E-state index is -0.148. The van der Waals surface area contributed by atoms with Gasteiger partial charge in [0.2, 0.25) is 0 Å². The smallest absolute Gasteiger partial charge is 0.315 e. The zero-order valence-corrected chi connectivity index (χ0v) is 10.4. The minimum Gasteiger partial charge on any atom is -0.392 e. The van der Waals surface area contributed by atoms with Crippen LogP contribution in [0.2, 0.25) is 0 Å². The normalized spacial score (nSPS) is 10.4. The Morgan fingerprint density at radius 3 is 2.29 bits per heavy atom. The summed E-state index contributed by atoms with van der Waals surface area (Å²) in [5.74, 6) is 0.449. The van der Waals surface area contributed by atoms with Gasteiger partial charge in [-0.3, -0.25) is 0 Å². The maximum Gasteiger partial charge on any atom is 0.315 e. The van der Waals surface area contributed by atoms with Crippen molar-refractivity contribution in [3.63, 3.8) is 0 Å². The van der Waals surface area contributed by atoms with Crippen molar-refractivity contribution in [2.75, 3.05) is 6.54 Å². The van der Waals surface area contributed by atoms with Crippen LogP contribution in [-0.4, -0.2) is 17.7 Å².